The quantitative estimate of drug-likeness (QED) is 0.325. The Labute approximate surface area is 234 Å². The second-order valence-electron chi connectivity index (χ2n) is 12.3. The van der Waals surface area contributed by atoms with E-state index in [2.05, 4.69) is 149 Å². The fraction of sp³-hybridized carbons (Fsp3) is 0.371. The Kier molecular flexibility index (Phi) is 6.88. The van der Waals surface area contributed by atoms with Crippen molar-refractivity contribution in [1.29, 1.82) is 0 Å². The van der Waals surface area contributed by atoms with Crippen LogP contribution in [0.2, 0.25) is 0 Å². The normalized spacial score (nSPS) is 18.6. The summed E-state index contributed by atoms with van der Waals surface area (Å²) in [5, 5.41) is 16.8. The average Bonchev–Trinajstić information content (AvgIpc) is 3.33. The Hall–Kier alpha value is -3.50. The van der Waals surface area contributed by atoms with Gasteiger partial charge in [-0.1, -0.05) is 127 Å². The maximum Gasteiger partial charge on any atom is 0.108 e. The van der Waals surface area contributed by atoms with Crippen molar-refractivity contribution in [3.05, 3.63) is 102 Å². The van der Waals surface area contributed by atoms with E-state index in [9.17, 15) is 5.11 Å². The number of nitrogens with one attached hydrogen (secondary N) is 1. The molecule has 1 aliphatic heterocycles. The van der Waals surface area contributed by atoms with E-state index in [0.717, 1.165) is 46.7 Å². The van der Waals surface area contributed by atoms with E-state index in [-0.39, 0.29) is 10.8 Å². The summed E-state index contributed by atoms with van der Waals surface area (Å²) in [6.07, 6.45) is 7.71. The molecular formula is C35H43N3O. The Morgan fingerprint density at radius 2 is 1.49 bits per heavy atom. The number of para-hydroxylation sites is 1. The van der Waals surface area contributed by atoms with E-state index < -0.39 is 11.5 Å². The van der Waals surface area contributed by atoms with Crippen LogP contribution < -0.4 is 10.4 Å². The van der Waals surface area contributed by atoms with Gasteiger partial charge < -0.3 is 5.11 Å². The van der Waals surface area contributed by atoms with Gasteiger partial charge in [-0.15, -0.1) is 0 Å². The fourth-order valence-corrected chi connectivity index (χ4v) is 6.67. The third kappa shape index (κ3) is 4.17. The topological polar surface area (TPSA) is 38.7 Å². The minimum Gasteiger partial charge on any atom is -0.386 e. The number of anilines is 3. The van der Waals surface area contributed by atoms with E-state index in [1.54, 1.807) is 0 Å². The van der Waals surface area contributed by atoms with Crippen LogP contribution in [0.1, 0.15) is 59.9 Å². The van der Waals surface area contributed by atoms with Crippen LogP contribution in [0.25, 0.3) is 11.1 Å². The van der Waals surface area contributed by atoms with Gasteiger partial charge in [0.1, 0.15) is 6.10 Å². The van der Waals surface area contributed by atoms with Gasteiger partial charge in [-0.2, -0.15) is 5.12 Å². The predicted molar refractivity (Wildman–Crippen MR) is 164 cm³/mol. The lowest BCUT2D eigenvalue weighted by Crippen LogP contribution is -2.59. The SMILES string of the molecule is CCC(C)(C)C1(C(C)(C)CC)C=CC=C(N2Nc3c(-c4ccccc4)cccc3N2c2ccc(C)cc2)C1O. The summed E-state index contributed by atoms with van der Waals surface area (Å²) >= 11 is 0. The van der Waals surface area contributed by atoms with Crippen LogP contribution in [-0.2, 0) is 0 Å². The van der Waals surface area contributed by atoms with E-state index >= 15 is 0 Å². The highest BCUT2D eigenvalue weighted by Crippen LogP contribution is 2.61. The molecule has 0 saturated heterocycles. The van der Waals surface area contributed by atoms with Gasteiger partial charge in [0, 0.05) is 11.0 Å². The Balaban J connectivity index is 1.68. The number of aliphatic hydroxyl groups excluding tert-OH is 1. The highest BCUT2D eigenvalue weighted by molar-refractivity contribution is 5.92. The minimum atomic E-state index is -0.720. The largest absolute Gasteiger partial charge is 0.386 e. The van der Waals surface area contributed by atoms with E-state index in [1.807, 2.05) is 6.07 Å². The molecule has 0 amide bonds. The summed E-state index contributed by atoms with van der Waals surface area (Å²) in [6, 6.07) is 25.5. The van der Waals surface area contributed by atoms with Crippen LogP contribution in [0, 0.1) is 23.2 Å². The van der Waals surface area contributed by atoms with Gasteiger partial charge in [-0.25, -0.2) is 5.01 Å². The molecule has 204 valence electrons. The average molecular weight is 522 g/mol. The molecule has 1 unspecified atom stereocenters. The van der Waals surface area contributed by atoms with Crippen LogP contribution in [0.3, 0.4) is 0 Å². The number of rotatable bonds is 7. The molecule has 1 atom stereocenters. The molecule has 4 nitrogen and oxygen atoms in total. The van der Waals surface area contributed by atoms with Crippen molar-refractivity contribution in [1.82, 2.24) is 5.12 Å². The maximum atomic E-state index is 12.5. The maximum absolute atomic E-state index is 12.5. The molecule has 0 saturated carbocycles. The monoisotopic (exact) mass is 521 g/mol. The van der Waals surface area contributed by atoms with Gasteiger partial charge in [0.25, 0.3) is 0 Å². The van der Waals surface area contributed by atoms with Gasteiger partial charge in [0.15, 0.2) is 0 Å². The molecule has 0 spiro atoms. The van der Waals surface area contributed by atoms with E-state index in [0.29, 0.717) is 0 Å². The Bertz CT molecular complexity index is 1370. The zero-order valence-electron chi connectivity index (χ0n) is 24.5. The Morgan fingerprint density at radius 3 is 2.10 bits per heavy atom. The van der Waals surface area contributed by atoms with E-state index in [4.69, 9.17) is 0 Å². The molecule has 39 heavy (non-hydrogen) atoms. The van der Waals surface area contributed by atoms with Crippen molar-refractivity contribution in [2.24, 2.45) is 16.2 Å². The third-order valence-electron chi connectivity index (χ3n) is 9.64. The molecule has 2 aliphatic rings. The molecule has 3 aromatic carbocycles. The number of hydrogen-bond donors (Lipinski definition) is 2. The summed E-state index contributed by atoms with van der Waals surface area (Å²) in [4.78, 5) is 0. The van der Waals surface area contributed by atoms with Crippen LogP contribution in [0.5, 0.6) is 0 Å². The summed E-state index contributed by atoms with van der Waals surface area (Å²) in [5.41, 5.74) is 10.4. The first kappa shape index (κ1) is 27.1. The summed E-state index contributed by atoms with van der Waals surface area (Å²) in [6.45, 7) is 15.8. The van der Waals surface area contributed by atoms with Crippen molar-refractivity contribution in [3.8, 4) is 11.1 Å². The van der Waals surface area contributed by atoms with Crippen molar-refractivity contribution in [2.75, 3.05) is 10.4 Å². The number of aliphatic hydroxyl groups is 1. The highest BCUT2D eigenvalue weighted by atomic mass is 16.3. The number of benzene rings is 3. The zero-order chi connectivity index (χ0) is 28.0. The lowest BCUT2D eigenvalue weighted by molar-refractivity contribution is -0.102. The number of allylic oxidation sites excluding steroid dienone is 2. The third-order valence-corrected chi connectivity index (χ3v) is 9.64. The lowest BCUT2D eigenvalue weighted by Gasteiger charge is -2.58. The second-order valence-corrected chi connectivity index (χ2v) is 12.3. The number of hydrogen-bond acceptors (Lipinski definition) is 4. The summed E-state index contributed by atoms with van der Waals surface area (Å²) in [7, 11) is 0. The molecule has 1 heterocycles. The van der Waals surface area contributed by atoms with Crippen LogP contribution in [-0.4, -0.2) is 16.3 Å². The first-order valence-electron chi connectivity index (χ1n) is 14.3. The van der Waals surface area contributed by atoms with Crippen LogP contribution in [0.15, 0.2) is 96.7 Å². The van der Waals surface area contributed by atoms with Crippen molar-refractivity contribution < 1.29 is 5.11 Å². The van der Waals surface area contributed by atoms with Crippen molar-refractivity contribution in [3.63, 3.8) is 0 Å². The molecule has 4 heteroatoms. The van der Waals surface area contributed by atoms with Gasteiger partial charge in [0.05, 0.1) is 22.8 Å². The van der Waals surface area contributed by atoms with Gasteiger partial charge in [-0.05, 0) is 47.6 Å². The van der Waals surface area contributed by atoms with Gasteiger partial charge in [-0.3, -0.25) is 5.43 Å². The molecule has 0 bridgehead atoms. The molecule has 0 radical (unpaired) electrons. The van der Waals surface area contributed by atoms with Crippen molar-refractivity contribution >= 4 is 17.1 Å². The summed E-state index contributed by atoms with van der Waals surface area (Å²) in [5.74, 6) is 0. The standard InChI is InChI=1S/C35H43N3O/c1-8-33(4,5)35(34(6,7)9-2)24-14-19-30(32(35)39)38-36-31-28(26-15-11-10-12-16-26)17-13-18-29(31)37(38)27-22-20-25(3)21-23-27/h10-24,32,36,39H,8-9H2,1-7H3. The zero-order valence-corrected chi connectivity index (χ0v) is 24.5. The van der Waals surface area contributed by atoms with Crippen LogP contribution in [0.4, 0.5) is 17.1 Å². The highest BCUT2D eigenvalue weighted by Gasteiger charge is 2.58. The van der Waals surface area contributed by atoms with Crippen molar-refractivity contribution in [2.45, 2.75) is 67.4 Å². The van der Waals surface area contributed by atoms with Crippen LogP contribution >= 0.6 is 0 Å². The number of hydrazine groups is 2. The lowest BCUT2D eigenvalue weighted by atomic mass is 9.47. The molecule has 1 aliphatic carbocycles. The van der Waals surface area contributed by atoms with Gasteiger partial charge in [0.2, 0.25) is 0 Å². The first-order chi connectivity index (χ1) is 18.6. The molecule has 2 N–H and O–H groups in total. The summed E-state index contributed by atoms with van der Waals surface area (Å²) < 4.78 is 0. The molecule has 0 aromatic heterocycles. The number of nitrogens with zero attached hydrogens (tertiary/aromatic N) is 2. The number of aryl methyl sites for hydroxylation is 1. The predicted octanol–water partition coefficient (Wildman–Crippen LogP) is 9.03. The first-order valence-corrected chi connectivity index (χ1v) is 14.3. The fourth-order valence-electron chi connectivity index (χ4n) is 6.67. The molecule has 3 aromatic rings. The van der Waals surface area contributed by atoms with Gasteiger partial charge >= 0.3 is 0 Å². The molecular weight excluding hydrogens is 478 g/mol. The second kappa shape index (κ2) is 9.91. The number of fused-ring (bicyclic) bond motifs is 1. The Morgan fingerprint density at radius 1 is 0.846 bits per heavy atom. The minimum absolute atomic E-state index is 0.140. The molecule has 0 fully saturated rings. The molecule has 5 rings (SSSR count). The smallest absolute Gasteiger partial charge is 0.108 e. The van der Waals surface area contributed by atoms with E-state index in [1.165, 1.54) is 5.56 Å².